The average Bonchev–Trinajstić information content (AvgIpc) is 2.51. The molecule has 5 heteroatoms. The van der Waals surface area contributed by atoms with Gasteiger partial charge in [-0.2, -0.15) is 0 Å². The van der Waals surface area contributed by atoms with Gasteiger partial charge >= 0.3 is 0 Å². The quantitative estimate of drug-likeness (QED) is 0.838. The van der Waals surface area contributed by atoms with Gasteiger partial charge in [-0.15, -0.1) is 0 Å². The van der Waals surface area contributed by atoms with Crippen LogP contribution in [0.2, 0.25) is 0 Å². The highest BCUT2D eigenvalue weighted by Crippen LogP contribution is 2.15. The third-order valence-corrected chi connectivity index (χ3v) is 4.58. The monoisotopic (exact) mass is 367 g/mol. The molecule has 22 heavy (non-hydrogen) atoms. The van der Waals surface area contributed by atoms with Crippen LogP contribution in [-0.2, 0) is 11.3 Å². The molecule has 1 aromatic carbocycles. The normalized spacial score (nSPS) is 15.6. The molecule has 1 aliphatic heterocycles. The van der Waals surface area contributed by atoms with E-state index in [1.54, 1.807) is 0 Å². The van der Waals surface area contributed by atoms with Crippen molar-refractivity contribution in [1.82, 2.24) is 15.1 Å². The van der Waals surface area contributed by atoms with Gasteiger partial charge in [0.2, 0.25) is 5.91 Å². The van der Waals surface area contributed by atoms with Crippen molar-refractivity contribution in [2.24, 2.45) is 0 Å². The van der Waals surface area contributed by atoms with Gasteiger partial charge in [-0.25, -0.2) is 0 Å². The number of carbonyl (C=O) groups is 1. The molecule has 0 bridgehead atoms. The number of amides is 1. The van der Waals surface area contributed by atoms with Gasteiger partial charge in [0.1, 0.15) is 0 Å². The Kier molecular flexibility index (Phi) is 6.86. The van der Waals surface area contributed by atoms with Crippen molar-refractivity contribution in [3.05, 3.63) is 34.3 Å². The maximum Gasteiger partial charge on any atom is 0.223 e. The summed E-state index contributed by atoms with van der Waals surface area (Å²) in [6, 6.07) is 8.81. The van der Waals surface area contributed by atoms with Gasteiger partial charge in [-0.3, -0.25) is 9.69 Å². The summed E-state index contributed by atoms with van der Waals surface area (Å²) in [6.07, 6.45) is 0.603. The van der Waals surface area contributed by atoms with E-state index in [9.17, 15) is 4.79 Å². The predicted molar refractivity (Wildman–Crippen MR) is 93.8 cm³/mol. The van der Waals surface area contributed by atoms with E-state index in [-0.39, 0.29) is 5.91 Å². The van der Waals surface area contributed by atoms with Crippen molar-refractivity contribution in [2.45, 2.75) is 32.9 Å². The molecule has 4 nitrogen and oxygen atoms in total. The van der Waals surface area contributed by atoms with Gasteiger partial charge in [-0.05, 0) is 31.5 Å². The molecule has 122 valence electrons. The summed E-state index contributed by atoms with van der Waals surface area (Å²) in [7, 11) is 0. The fourth-order valence-corrected chi connectivity index (χ4v) is 3.15. The highest BCUT2D eigenvalue weighted by Gasteiger charge is 2.18. The lowest BCUT2D eigenvalue weighted by Crippen LogP contribution is -2.47. The second-order valence-electron chi connectivity index (χ2n) is 6.07. The second-order valence-corrected chi connectivity index (χ2v) is 6.99. The highest BCUT2D eigenvalue weighted by atomic mass is 79.9. The van der Waals surface area contributed by atoms with E-state index >= 15 is 0 Å². The Bertz CT molecular complexity index is 487. The molecular weight excluding hydrogens is 342 g/mol. The Hall–Kier alpha value is -0.910. The average molecular weight is 368 g/mol. The number of carbonyl (C=O) groups excluding carboxylic acids is 1. The highest BCUT2D eigenvalue weighted by molar-refractivity contribution is 9.10. The van der Waals surface area contributed by atoms with Gasteiger partial charge < -0.3 is 10.2 Å². The Morgan fingerprint density at radius 1 is 1.36 bits per heavy atom. The zero-order valence-corrected chi connectivity index (χ0v) is 15.1. The summed E-state index contributed by atoms with van der Waals surface area (Å²) in [4.78, 5) is 16.6. The van der Waals surface area contributed by atoms with E-state index in [1.165, 1.54) is 5.56 Å². The number of hydrogen-bond donors (Lipinski definition) is 1. The molecule has 2 rings (SSSR count). The first-order chi connectivity index (χ1) is 10.6. The molecule has 0 aromatic heterocycles. The fraction of sp³-hybridized carbons (Fsp3) is 0.588. The summed E-state index contributed by atoms with van der Waals surface area (Å²) in [5.74, 6) is 0.279. The smallest absolute Gasteiger partial charge is 0.223 e. The van der Waals surface area contributed by atoms with Crippen LogP contribution in [0.4, 0.5) is 0 Å². The fourth-order valence-electron chi connectivity index (χ4n) is 2.70. The molecule has 0 radical (unpaired) electrons. The number of halogens is 1. The molecule has 0 unspecified atom stereocenters. The Morgan fingerprint density at radius 3 is 2.73 bits per heavy atom. The van der Waals surface area contributed by atoms with Crippen LogP contribution in [0.25, 0.3) is 0 Å². The van der Waals surface area contributed by atoms with Gasteiger partial charge in [0.25, 0.3) is 0 Å². The molecule has 1 aliphatic rings. The van der Waals surface area contributed by atoms with Gasteiger partial charge in [0, 0.05) is 56.2 Å². The van der Waals surface area contributed by atoms with Crippen molar-refractivity contribution in [3.8, 4) is 0 Å². The van der Waals surface area contributed by atoms with Crippen LogP contribution >= 0.6 is 15.9 Å². The van der Waals surface area contributed by atoms with Crippen molar-refractivity contribution >= 4 is 21.8 Å². The largest absolute Gasteiger partial charge is 0.340 e. The van der Waals surface area contributed by atoms with Crippen molar-refractivity contribution in [3.63, 3.8) is 0 Å². The summed E-state index contributed by atoms with van der Waals surface area (Å²) >= 11 is 3.52. The lowest BCUT2D eigenvalue weighted by atomic mass is 10.1. The molecule has 1 fully saturated rings. The Morgan fingerprint density at radius 2 is 2.09 bits per heavy atom. The first kappa shape index (κ1) is 17.4. The number of hydrogen-bond acceptors (Lipinski definition) is 3. The number of benzene rings is 1. The minimum atomic E-state index is 0.279. The molecule has 1 aromatic rings. The van der Waals surface area contributed by atoms with Gasteiger partial charge in [-0.1, -0.05) is 28.1 Å². The zero-order valence-electron chi connectivity index (χ0n) is 13.5. The number of nitrogens with zero attached hydrogens (tertiary/aromatic N) is 2. The summed E-state index contributed by atoms with van der Waals surface area (Å²) in [6.45, 7) is 9.58. The standard InChI is InChI=1S/C17H26BrN3O/c1-14(2)21(13-15-4-3-5-16(18)12-15)9-6-17(22)20-10-7-19-8-11-20/h3-5,12,14,19H,6-11,13H2,1-2H3. The van der Waals surface area contributed by atoms with E-state index in [4.69, 9.17) is 0 Å². The summed E-state index contributed by atoms with van der Waals surface area (Å²) in [5.41, 5.74) is 1.28. The van der Waals surface area contributed by atoms with E-state index in [2.05, 4.69) is 58.2 Å². The van der Waals surface area contributed by atoms with Crippen LogP contribution in [0, 0.1) is 0 Å². The zero-order chi connectivity index (χ0) is 15.9. The molecule has 0 atom stereocenters. The lowest BCUT2D eigenvalue weighted by molar-refractivity contribution is -0.132. The minimum Gasteiger partial charge on any atom is -0.340 e. The van der Waals surface area contributed by atoms with Crippen molar-refractivity contribution < 1.29 is 4.79 Å². The molecule has 0 spiro atoms. The second kappa shape index (κ2) is 8.65. The predicted octanol–water partition coefficient (Wildman–Crippen LogP) is 2.48. The van der Waals surface area contributed by atoms with Crippen LogP contribution < -0.4 is 5.32 Å². The molecule has 1 saturated heterocycles. The maximum absolute atomic E-state index is 12.3. The third-order valence-electron chi connectivity index (χ3n) is 4.09. The number of rotatable bonds is 6. The topological polar surface area (TPSA) is 35.6 Å². The van der Waals surface area contributed by atoms with E-state index in [0.29, 0.717) is 12.5 Å². The first-order valence-corrected chi connectivity index (χ1v) is 8.82. The van der Waals surface area contributed by atoms with E-state index in [1.807, 2.05) is 11.0 Å². The first-order valence-electron chi connectivity index (χ1n) is 8.03. The molecule has 1 N–H and O–H groups in total. The summed E-state index contributed by atoms with van der Waals surface area (Å²) < 4.78 is 1.10. The van der Waals surface area contributed by atoms with E-state index < -0.39 is 0 Å². The van der Waals surface area contributed by atoms with E-state index in [0.717, 1.165) is 43.7 Å². The molecule has 1 heterocycles. The van der Waals surface area contributed by atoms with Crippen LogP contribution in [0.1, 0.15) is 25.8 Å². The number of piperazine rings is 1. The third kappa shape index (κ3) is 5.38. The Labute approximate surface area is 142 Å². The lowest BCUT2D eigenvalue weighted by Gasteiger charge is -2.30. The van der Waals surface area contributed by atoms with Crippen molar-refractivity contribution in [1.29, 1.82) is 0 Å². The Balaban J connectivity index is 1.87. The molecule has 1 amide bonds. The van der Waals surface area contributed by atoms with Gasteiger partial charge in [0.15, 0.2) is 0 Å². The minimum absolute atomic E-state index is 0.279. The van der Waals surface area contributed by atoms with Crippen LogP contribution in [0.3, 0.4) is 0 Å². The van der Waals surface area contributed by atoms with Gasteiger partial charge in [0.05, 0.1) is 0 Å². The van der Waals surface area contributed by atoms with Crippen LogP contribution in [0.15, 0.2) is 28.7 Å². The molecular formula is C17H26BrN3O. The number of nitrogens with one attached hydrogen (secondary N) is 1. The SMILES string of the molecule is CC(C)N(CCC(=O)N1CCNCC1)Cc1cccc(Br)c1. The summed E-state index contributed by atoms with van der Waals surface area (Å²) in [5, 5.41) is 3.28. The molecule has 0 saturated carbocycles. The maximum atomic E-state index is 12.3. The van der Waals surface area contributed by atoms with Crippen molar-refractivity contribution in [2.75, 3.05) is 32.7 Å². The van der Waals surface area contributed by atoms with Crippen LogP contribution in [-0.4, -0.2) is 54.5 Å². The molecule has 0 aliphatic carbocycles. The van der Waals surface area contributed by atoms with Crippen LogP contribution in [0.5, 0.6) is 0 Å².